The summed E-state index contributed by atoms with van der Waals surface area (Å²) in [4.78, 5) is 21.9. The smallest absolute Gasteiger partial charge is 0.408 e. The summed E-state index contributed by atoms with van der Waals surface area (Å²) in [5, 5.41) is -0.598. The summed E-state index contributed by atoms with van der Waals surface area (Å²) in [5.41, 5.74) is 1.03. The normalized spacial score (nSPS) is 10.6. The van der Waals surface area contributed by atoms with Crippen LogP contribution in [-0.2, 0) is 11.3 Å². The molecule has 1 heterocycles. The van der Waals surface area contributed by atoms with Gasteiger partial charge in [0.2, 0.25) is 5.24 Å². The molecule has 0 aliphatic heterocycles. The first-order chi connectivity index (χ1) is 6.68. The molecule has 0 saturated carbocycles. The highest BCUT2D eigenvalue weighted by atomic mass is 35.5. The first kappa shape index (κ1) is 9.02. The lowest BCUT2D eigenvalue weighted by Gasteiger charge is -1.94. The molecule has 2 rings (SSSR count). The van der Waals surface area contributed by atoms with E-state index in [2.05, 4.69) is 0 Å². The van der Waals surface area contributed by atoms with Gasteiger partial charge in [-0.25, -0.2) is 4.79 Å². The highest BCUT2D eigenvalue weighted by molar-refractivity contribution is 6.63. The molecule has 0 bridgehead atoms. The molecule has 0 saturated heterocycles. The number of para-hydroxylation sites is 2. The molecule has 14 heavy (non-hydrogen) atoms. The van der Waals surface area contributed by atoms with Crippen molar-refractivity contribution in [2.75, 3.05) is 0 Å². The number of rotatable bonds is 2. The molecule has 0 atom stereocenters. The third-order valence-electron chi connectivity index (χ3n) is 1.86. The van der Waals surface area contributed by atoms with E-state index in [0.717, 1.165) is 0 Å². The van der Waals surface area contributed by atoms with E-state index in [0.29, 0.717) is 11.1 Å². The standard InChI is InChI=1S/C9H6ClNO3/c10-8(12)5-11-6-3-1-2-4-7(6)14-9(11)13/h1-4H,5H2. The van der Waals surface area contributed by atoms with Gasteiger partial charge < -0.3 is 4.42 Å². The van der Waals surface area contributed by atoms with Gasteiger partial charge in [0.25, 0.3) is 0 Å². The number of fused-ring (bicyclic) bond motifs is 1. The predicted octanol–water partition coefficient (Wildman–Crippen LogP) is 1.36. The Morgan fingerprint density at radius 2 is 2.14 bits per heavy atom. The Morgan fingerprint density at radius 3 is 2.86 bits per heavy atom. The second kappa shape index (κ2) is 3.31. The summed E-state index contributed by atoms with van der Waals surface area (Å²) >= 11 is 5.20. The van der Waals surface area contributed by atoms with Crippen molar-refractivity contribution >= 4 is 27.9 Å². The van der Waals surface area contributed by atoms with Crippen LogP contribution in [0.2, 0.25) is 0 Å². The van der Waals surface area contributed by atoms with Crippen LogP contribution >= 0.6 is 11.6 Å². The summed E-state index contributed by atoms with van der Waals surface area (Å²) in [6, 6.07) is 6.86. The average Bonchev–Trinajstić information content (AvgIpc) is 2.43. The van der Waals surface area contributed by atoms with Gasteiger partial charge >= 0.3 is 5.76 Å². The van der Waals surface area contributed by atoms with Crippen LogP contribution in [0.15, 0.2) is 33.5 Å². The Bertz CT molecular complexity index is 540. The van der Waals surface area contributed by atoms with E-state index in [1.54, 1.807) is 24.3 Å². The van der Waals surface area contributed by atoms with Gasteiger partial charge in [-0.15, -0.1) is 0 Å². The number of nitrogens with zero attached hydrogens (tertiary/aromatic N) is 1. The Labute approximate surface area is 83.7 Å². The third kappa shape index (κ3) is 1.44. The van der Waals surface area contributed by atoms with Crippen LogP contribution in [0.1, 0.15) is 0 Å². The van der Waals surface area contributed by atoms with E-state index < -0.39 is 11.0 Å². The second-order valence-corrected chi connectivity index (χ2v) is 3.20. The highest BCUT2D eigenvalue weighted by Crippen LogP contribution is 2.11. The maximum Gasteiger partial charge on any atom is 0.420 e. The van der Waals surface area contributed by atoms with Gasteiger partial charge in [0, 0.05) is 0 Å². The number of carbonyl (C=O) groups excluding carboxylic acids is 1. The van der Waals surface area contributed by atoms with Crippen molar-refractivity contribution < 1.29 is 9.21 Å². The van der Waals surface area contributed by atoms with Crippen LogP contribution < -0.4 is 5.76 Å². The molecule has 1 aromatic carbocycles. The zero-order chi connectivity index (χ0) is 10.1. The third-order valence-corrected chi connectivity index (χ3v) is 1.98. The first-order valence-electron chi connectivity index (χ1n) is 3.95. The summed E-state index contributed by atoms with van der Waals surface area (Å²) in [6.07, 6.45) is 0. The van der Waals surface area contributed by atoms with Gasteiger partial charge in [0.1, 0.15) is 6.54 Å². The van der Waals surface area contributed by atoms with E-state index in [9.17, 15) is 9.59 Å². The van der Waals surface area contributed by atoms with Gasteiger partial charge in [-0.2, -0.15) is 0 Å². The molecule has 0 radical (unpaired) electrons. The highest BCUT2D eigenvalue weighted by Gasteiger charge is 2.09. The summed E-state index contributed by atoms with van der Waals surface area (Å²) < 4.78 is 6.10. The van der Waals surface area contributed by atoms with Crippen molar-refractivity contribution in [3.63, 3.8) is 0 Å². The van der Waals surface area contributed by atoms with Crippen molar-refractivity contribution in [3.8, 4) is 0 Å². The number of benzene rings is 1. The van der Waals surface area contributed by atoms with Crippen molar-refractivity contribution in [1.29, 1.82) is 0 Å². The van der Waals surface area contributed by atoms with Gasteiger partial charge in [-0.3, -0.25) is 9.36 Å². The fraction of sp³-hybridized carbons (Fsp3) is 0.111. The second-order valence-electron chi connectivity index (χ2n) is 2.78. The van der Waals surface area contributed by atoms with Crippen LogP contribution in [0.4, 0.5) is 0 Å². The topological polar surface area (TPSA) is 52.2 Å². The zero-order valence-corrected chi connectivity index (χ0v) is 7.82. The molecule has 0 amide bonds. The quantitative estimate of drug-likeness (QED) is 0.705. The summed E-state index contributed by atoms with van der Waals surface area (Å²) in [6.45, 7) is -0.169. The monoisotopic (exact) mass is 211 g/mol. The molecule has 0 N–H and O–H groups in total. The number of hydrogen-bond acceptors (Lipinski definition) is 3. The first-order valence-corrected chi connectivity index (χ1v) is 4.33. The van der Waals surface area contributed by atoms with Gasteiger partial charge in [0.05, 0.1) is 5.52 Å². The zero-order valence-electron chi connectivity index (χ0n) is 7.07. The van der Waals surface area contributed by atoms with Gasteiger partial charge in [0.15, 0.2) is 5.58 Å². The molecule has 72 valence electrons. The Morgan fingerprint density at radius 1 is 1.43 bits per heavy atom. The minimum atomic E-state index is -0.598. The van der Waals surface area contributed by atoms with E-state index in [-0.39, 0.29) is 6.54 Å². The summed E-state index contributed by atoms with van der Waals surface area (Å²) in [5.74, 6) is -0.569. The van der Waals surface area contributed by atoms with Crippen LogP contribution in [-0.4, -0.2) is 9.81 Å². The average molecular weight is 212 g/mol. The molecule has 2 aromatic rings. The van der Waals surface area contributed by atoms with Gasteiger partial charge in [-0.05, 0) is 23.7 Å². The van der Waals surface area contributed by atoms with E-state index >= 15 is 0 Å². The fourth-order valence-electron chi connectivity index (χ4n) is 1.29. The molecule has 0 aliphatic carbocycles. The molecular weight excluding hydrogens is 206 g/mol. The van der Waals surface area contributed by atoms with Crippen molar-refractivity contribution in [3.05, 3.63) is 34.8 Å². The van der Waals surface area contributed by atoms with Crippen LogP contribution in [0.25, 0.3) is 11.1 Å². The predicted molar refractivity (Wildman–Crippen MR) is 51.3 cm³/mol. The molecule has 5 heteroatoms. The molecule has 0 spiro atoms. The molecule has 1 aromatic heterocycles. The fourth-order valence-corrected chi connectivity index (χ4v) is 1.41. The van der Waals surface area contributed by atoms with Crippen LogP contribution in [0, 0.1) is 0 Å². The van der Waals surface area contributed by atoms with Gasteiger partial charge in [-0.1, -0.05) is 12.1 Å². The van der Waals surface area contributed by atoms with Crippen LogP contribution in [0.3, 0.4) is 0 Å². The van der Waals surface area contributed by atoms with E-state index in [1.807, 2.05) is 0 Å². The lowest BCUT2D eigenvalue weighted by Crippen LogP contribution is -2.17. The number of halogens is 1. The molecule has 0 aliphatic rings. The van der Waals surface area contributed by atoms with E-state index in [1.165, 1.54) is 4.57 Å². The lowest BCUT2D eigenvalue weighted by molar-refractivity contribution is -0.112. The van der Waals surface area contributed by atoms with E-state index in [4.69, 9.17) is 16.0 Å². The molecule has 0 fully saturated rings. The van der Waals surface area contributed by atoms with Crippen LogP contribution in [0.5, 0.6) is 0 Å². The lowest BCUT2D eigenvalue weighted by atomic mass is 10.3. The molecule has 4 nitrogen and oxygen atoms in total. The maximum absolute atomic E-state index is 11.3. The van der Waals surface area contributed by atoms with Crippen molar-refractivity contribution in [1.82, 2.24) is 4.57 Å². The Balaban J connectivity index is 2.68. The summed E-state index contributed by atoms with van der Waals surface area (Å²) in [7, 11) is 0. The number of hydrogen-bond donors (Lipinski definition) is 0. The number of oxazole rings is 1. The maximum atomic E-state index is 11.3. The Hall–Kier alpha value is -1.55. The number of carbonyl (C=O) groups is 1. The molecule has 0 unspecified atom stereocenters. The Kier molecular flexibility index (Phi) is 2.13. The SMILES string of the molecule is O=C(Cl)Cn1c(=O)oc2ccccc21. The largest absolute Gasteiger partial charge is 0.420 e. The number of aromatic nitrogens is 1. The van der Waals surface area contributed by atoms with Crippen molar-refractivity contribution in [2.24, 2.45) is 0 Å². The molecular formula is C9H6ClNO3. The minimum absolute atomic E-state index is 0.169. The minimum Gasteiger partial charge on any atom is -0.408 e. The van der Waals surface area contributed by atoms with Crippen molar-refractivity contribution in [2.45, 2.75) is 6.54 Å².